The van der Waals surface area contributed by atoms with Crippen molar-refractivity contribution >= 4 is 5.91 Å². The molecule has 3 heterocycles. The van der Waals surface area contributed by atoms with Gasteiger partial charge in [-0.05, 0) is 19.1 Å². The van der Waals surface area contributed by atoms with Gasteiger partial charge in [0.25, 0.3) is 5.91 Å². The number of furan rings is 1. The third-order valence-electron chi connectivity index (χ3n) is 3.76. The summed E-state index contributed by atoms with van der Waals surface area (Å²) in [6, 6.07) is 3.38. The number of carbonyl (C=O) groups excluding carboxylic acids is 1. The zero-order valence-electron chi connectivity index (χ0n) is 12.7. The lowest BCUT2D eigenvalue weighted by molar-refractivity contribution is 0.0876. The Bertz CT molecular complexity index is 662. The van der Waals surface area contributed by atoms with E-state index in [0.29, 0.717) is 24.6 Å². The zero-order valence-corrected chi connectivity index (χ0v) is 12.7. The third-order valence-corrected chi connectivity index (χ3v) is 3.76. The van der Waals surface area contributed by atoms with Gasteiger partial charge in [0.1, 0.15) is 17.6 Å². The maximum absolute atomic E-state index is 12.5. The largest absolute Gasteiger partial charge is 0.464 e. The van der Waals surface area contributed by atoms with E-state index in [1.807, 2.05) is 19.1 Å². The highest BCUT2D eigenvalue weighted by Gasteiger charge is 2.25. The average molecular weight is 304 g/mol. The number of hydrogen-bond donors (Lipinski definition) is 3. The monoisotopic (exact) mass is 304 g/mol. The molecule has 1 atom stereocenters. The van der Waals surface area contributed by atoms with Gasteiger partial charge in [-0.2, -0.15) is 5.10 Å². The van der Waals surface area contributed by atoms with Gasteiger partial charge in [0.05, 0.1) is 6.61 Å². The Balaban J connectivity index is 1.78. The molecule has 2 aromatic rings. The number of aromatic amines is 1. The number of rotatable bonds is 5. The molecule has 0 fully saturated rings. The molecule has 7 nitrogen and oxygen atoms in total. The van der Waals surface area contributed by atoms with Crippen LogP contribution in [0.4, 0.5) is 0 Å². The molecule has 22 heavy (non-hydrogen) atoms. The minimum Gasteiger partial charge on any atom is -0.464 e. The molecule has 1 amide bonds. The van der Waals surface area contributed by atoms with Crippen molar-refractivity contribution in [1.29, 1.82) is 0 Å². The Labute approximate surface area is 128 Å². The number of H-pyrrole nitrogens is 1. The summed E-state index contributed by atoms with van der Waals surface area (Å²) in [5, 5.41) is 13.3. The first kappa shape index (κ1) is 14.8. The number of amides is 1. The van der Waals surface area contributed by atoms with E-state index in [9.17, 15) is 4.79 Å². The molecule has 0 radical (unpaired) electrons. The van der Waals surface area contributed by atoms with Crippen LogP contribution in [0.3, 0.4) is 0 Å². The Hall–Kier alpha value is -2.12. The van der Waals surface area contributed by atoms with Crippen molar-refractivity contribution in [2.45, 2.75) is 25.9 Å². The normalized spacial score (nSPS) is 15.4. The van der Waals surface area contributed by atoms with E-state index < -0.39 is 0 Å². The van der Waals surface area contributed by atoms with Crippen molar-refractivity contribution in [3.05, 3.63) is 40.6 Å². The zero-order chi connectivity index (χ0) is 15.5. The average Bonchev–Trinajstić information content (AvgIpc) is 3.13. The number of hydrogen-bond acceptors (Lipinski definition) is 5. The number of carbonyl (C=O) groups is 1. The lowest BCUT2D eigenvalue weighted by Gasteiger charge is -2.17. The maximum atomic E-state index is 12.5. The van der Waals surface area contributed by atoms with Gasteiger partial charge in [-0.25, -0.2) is 0 Å². The molecule has 2 aromatic heterocycles. The summed E-state index contributed by atoms with van der Waals surface area (Å²) in [4.78, 5) is 12.5. The minimum absolute atomic E-state index is 0.225. The molecule has 3 N–H and O–H groups in total. The number of aromatic nitrogens is 2. The molecule has 1 aliphatic heterocycles. The van der Waals surface area contributed by atoms with E-state index in [0.717, 1.165) is 30.0 Å². The molecule has 0 aliphatic carbocycles. The van der Waals surface area contributed by atoms with Gasteiger partial charge in [0.2, 0.25) is 0 Å². The van der Waals surface area contributed by atoms with Crippen LogP contribution in [0.15, 0.2) is 16.5 Å². The molecule has 0 saturated carbocycles. The summed E-state index contributed by atoms with van der Waals surface area (Å²) in [6.45, 7) is 3.76. The quantitative estimate of drug-likeness (QED) is 0.768. The van der Waals surface area contributed by atoms with Crippen LogP contribution >= 0.6 is 0 Å². The molecule has 118 valence electrons. The predicted molar refractivity (Wildman–Crippen MR) is 79.5 cm³/mol. The molecule has 0 aromatic carbocycles. The van der Waals surface area contributed by atoms with Crippen molar-refractivity contribution in [1.82, 2.24) is 20.8 Å². The van der Waals surface area contributed by atoms with Gasteiger partial charge in [0.15, 0.2) is 5.69 Å². The van der Waals surface area contributed by atoms with Crippen LogP contribution in [-0.4, -0.2) is 36.4 Å². The van der Waals surface area contributed by atoms with Crippen LogP contribution in [-0.2, 0) is 17.7 Å². The van der Waals surface area contributed by atoms with E-state index >= 15 is 0 Å². The summed E-state index contributed by atoms with van der Waals surface area (Å²) in [5.74, 6) is 1.25. The van der Waals surface area contributed by atoms with Gasteiger partial charge in [-0.3, -0.25) is 9.89 Å². The fourth-order valence-electron chi connectivity index (χ4n) is 2.64. The van der Waals surface area contributed by atoms with Gasteiger partial charge in [-0.1, -0.05) is 0 Å². The Morgan fingerprint density at radius 3 is 3.14 bits per heavy atom. The van der Waals surface area contributed by atoms with Crippen molar-refractivity contribution in [2.24, 2.45) is 0 Å². The van der Waals surface area contributed by atoms with Crippen LogP contribution in [0, 0.1) is 6.92 Å². The number of nitrogens with zero attached hydrogens (tertiary/aromatic N) is 1. The fourth-order valence-corrected chi connectivity index (χ4v) is 2.64. The topological polar surface area (TPSA) is 92.2 Å². The summed E-state index contributed by atoms with van der Waals surface area (Å²) in [7, 11) is 1.59. The van der Waals surface area contributed by atoms with Crippen molar-refractivity contribution < 1.29 is 13.9 Å². The fraction of sp³-hybridized carbons (Fsp3) is 0.467. The summed E-state index contributed by atoms with van der Waals surface area (Å²) in [5.41, 5.74) is 2.41. The van der Waals surface area contributed by atoms with Gasteiger partial charge in [0, 0.05) is 37.9 Å². The maximum Gasteiger partial charge on any atom is 0.272 e. The highest BCUT2D eigenvalue weighted by Crippen LogP contribution is 2.19. The first-order valence-corrected chi connectivity index (χ1v) is 7.32. The molecule has 0 spiro atoms. The lowest BCUT2D eigenvalue weighted by Crippen LogP contribution is -2.33. The standard InChI is InChI=1S/C15H20N4O3/c1-9-3-4-13(22-9)12(8-21-2)17-15(20)14-10-7-16-6-5-11(10)18-19-14/h3-4,12,16H,5-8H2,1-2H3,(H,17,20)(H,18,19). The molecule has 0 saturated heterocycles. The van der Waals surface area contributed by atoms with Gasteiger partial charge in [-0.15, -0.1) is 0 Å². The molecule has 1 aliphatic rings. The SMILES string of the molecule is COCC(NC(=O)c1n[nH]c2c1CNCC2)c1ccc(C)o1. The van der Waals surface area contributed by atoms with Gasteiger partial charge < -0.3 is 19.8 Å². The number of methoxy groups -OCH3 is 1. The Morgan fingerprint density at radius 2 is 2.41 bits per heavy atom. The summed E-state index contributed by atoms with van der Waals surface area (Å²) in [6.07, 6.45) is 0.856. The van der Waals surface area contributed by atoms with E-state index in [-0.39, 0.29) is 11.9 Å². The van der Waals surface area contributed by atoms with E-state index in [1.54, 1.807) is 7.11 Å². The third kappa shape index (κ3) is 2.90. The molecule has 0 bridgehead atoms. The smallest absolute Gasteiger partial charge is 0.272 e. The first-order chi connectivity index (χ1) is 10.7. The molecule has 7 heteroatoms. The number of aryl methyl sites for hydroxylation is 1. The van der Waals surface area contributed by atoms with Gasteiger partial charge >= 0.3 is 0 Å². The predicted octanol–water partition coefficient (Wildman–Crippen LogP) is 1.07. The second-order valence-corrected chi connectivity index (χ2v) is 5.39. The molecule has 1 unspecified atom stereocenters. The van der Waals surface area contributed by atoms with E-state index in [4.69, 9.17) is 9.15 Å². The van der Waals surface area contributed by atoms with Crippen LogP contribution in [0.5, 0.6) is 0 Å². The van der Waals surface area contributed by atoms with Crippen LogP contribution in [0.1, 0.15) is 39.3 Å². The number of nitrogens with one attached hydrogen (secondary N) is 3. The highest BCUT2D eigenvalue weighted by atomic mass is 16.5. The highest BCUT2D eigenvalue weighted by molar-refractivity contribution is 5.94. The van der Waals surface area contributed by atoms with Crippen LogP contribution in [0.25, 0.3) is 0 Å². The van der Waals surface area contributed by atoms with Crippen LogP contribution < -0.4 is 10.6 Å². The molecule has 3 rings (SSSR count). The number of ether oxygens (including phenoxy) is 1. The summed E-state index contributed by atoms with van der Waals surface area (Å²) >= 11 is 0. The van der Waals surface area contributed by atoms with E-state index in [2.05, 4.69) is 20.8 Å². The first-order valence-electron chi connectivity index (χ1n) is 7.32. The molecular weight excluding hydrogens is 284 g/mol. The van der Waals surface area contributed by atoms with Crippen molar-refractivity contribution in [3.63, 3.8) is 0 Å². The Morgan fingerprint density at radius 1 is 1.55 bits per heavy atom. The second-order valence-electron chi connectivity index (χ2n) is 5.39. The Kier molecular flexibility index (Phi) is 4.26. The van der Waals surface area contributed by atoms with Crippen molar-refractivity contribution in [3.8, 4) is 0 Å². The van der Waals surface area contributed by atoms with Crippen molar-refractivity contribution in [2.75, 3.05) is 20.3 Å². The molecular formula is C15H20N4O3. The van der Waals surface area contributed by atoms with Crippen LogP contribution in [0.2, 0.25) is 0 Å². The lowest BCUT2D eigenvalue weighted by atomic mass is 10.1. The summed E-state index contributed by atoms with van der Waals surface area (Å²) < 4.78 is 10.8. The van der Waals surface area contributed by atoms with E-state index in [1.165, 1.54) is 0 Å². The number of fused-ring (bicyclic) bond motifs is 1. The second kappa shape index (κ2) is 6.33. The minimum atomic E-state index is -0.338.